The van der Waals surface area contributed by atoms with E-state index in [1.54, 1.807) is 42.5 Å². The number of anilines is 1. The van der Waals surface area contributed by atoms with Crippen molar-refractivity contribution in [3.05, 3.63) is 102 Å². The van der Waals surface area contributed by atoms with Crippen LogP contribution in [0.3, 0.4) is 0 Å². The second-order valence-corrected chi connectivity index (χ2v) is 11.7. The summed E-state index contributed by atoms with van der Waals surface area (Å²) in [4.78, 5) is 28.9. The lowest BCUT2D eigenvalue weighted by atomic mass is 10.0. The molecule has 0 aliphatic carbocycles. The molecule has 39 heavy (non-hydrogen) atoms. The first kappa shape index (κ1) is 29.8. The van der Waals surface area contributed by atoms with E-state index in [0.717, 1.165) is 14.2 Å². The van der Waals surface area contributed by atoms with Gasteiger partial charge in [0.15, 0.2) is 0 Å². The smallest absolute Gasteiger partial charge is 0.304 e. The Morgan fingerprint density at radius 2 is 1.41 bits per heavy atom. The summed E-state index contributed by atoms with van der Waals surface area (Å²) in [5.41, 5.74) is 1.74. The first-order chi connectivity index (χ1) is 18.5. The van der Waals surface area contributed by atoms with E-state index in [0.29, 0.717) is 11.3 Å². The zero-order valence-corrected chi connectivity index (χ0v) is 23.4. The average molecular weight is 555 g/mol. The van der Waals surface area contributed by atoms with Gasteiger partial charge < -0.3 is 10.2 Å². The van der Waals surface area contributed by atoms with E-state index in [-0.39, 0.29) is 24.9 Å². The number of hydrogen-bond donors (Lipinski definition) is 1. The van der Waals surface area contributed by atoms with E-state index in [1.807, 2.05) is 44.2 Å². The third-order valence-corrected chi connectivity index (χ3v) is 7.85. The van der Waals surface area contributed by atoms with Crippen LogP contribution in [0.25, 0.3) is 0 Å². The van der Waals surface area contributed by atoms with Gasteiger partial charge in [-0.2, -0.15) is 12.7 Å². The molecule has 10 heteroatoms. The summed E-state index contributed by atoms with van der Waals surface area (Å²) in [6.07, 6.45) is 0.206. The van der Waals surface area contributed by atoms with Gasteiger partial charge in [0, 0.05) is 33.1 Å². The van der Waals surface area contributed by atoms with Crippen molar-refractivity contribution in [2.24, 2.45) is 0 Å². The number of carbonyl (C=O) groups is 2. The predicted octanol–water partition coefficient (Wildman–Crippen LogP) is 3.60. The fraction of sp³-hybridized carbons (Fsp3) is 0.310. The highest BCUT2D eigenvalue weighted by atomic mass is 32.2. The van der Waals surface area contributed by atoms with Crippen molar-refractivity contribution in [1.29, 1.82) is 0 Å². The van der Waals surface area contributed by atoms with E-state index in [9.17, 15) is 22.4 Å². The molecule has 1 N–H and O–H groups in total. The van der Waals surface area contributed by atoms with Gasteiger partial charge in [-0.25, -0.2) is 8.70 Å². The molecule has 0 fully saturated rings. The minimum absolute atomic E-state index is 0.0211. The van der Waals surface area contributed by atoms with Crippen molar-refractivity contribution in [3.8, 4) is 0 Å². The summed E-state index contributed by atoms with van der Waals surface area (Å²) in [6, 6.07) is 22.1. The molecule has 0 aliphatic heterocycles. The van der Waals surface area contributed by atoms with E-state index >= 15 is 0 Å². The van der Waals surface area contributed by atoms with Gasteiger partial charge in [0.2, 0.25) is 11.8 Å². The topological polar surface area (TPSA) is 90.0 Å². The number of halogens is 1. The lowest BCUT2D eigenvalue weighted by molar-refractivity contribution is -0.140. The molecule has 0 heterocycles. The quantitative estimate of drug-likeness (QED) is 0.371. The minimum atomic E-state index is -4.05. The molecule has 8 nitrogen and oxygen atoms in total. The highest BCUT2D eigenvalue weighted by Crippen LogP contribution is 2.21. The summed E-state index contributed by atoms with van der Waals surface area (Å²) < 4.78 is 42.3. The minimum Gasteiger partial charge on any atom is -0.352 e. The lowest BCUT2D eigenvalue weighted by Crippen LogP contribution is -2.55. The van der Waals surface area contributed by atoms with Gasteiger partial charge in [0.1, 0.15) is 18.4 Å². The maximum absolute atomic E-state index is 14.0. The Labute approximate surface area is 230 Å². The molecule has 0 saturated heterocycles. The largest absolute Gasteiger partial charge is 0.352 e. The first-order valence-corrected chi connectivity index (χ1v) is 14.0. The van der Waals surface area contributed by atoms with Crippen molar-refractivity contribution < 1.29 is 22.4 Å². The van der Waals surface area contributed by atoms with E-state index in [1.165, 1.54) is 31.1 Å². The zero-order chi connectivity index (χ0) is 28.6. The van der Waals surface area contributed by atoms with Gasteiger partial charge in [0.25, 0.3) is 0 Å². The number of amides is 2. The average Bonchev–Trinajstić information content (AvgIpc) is 2.90. The highest BCUT2D eigenvalue weighted by Gasteiger charge is 2.34. The Morgan fingerprint density at radius 3 is 1.95 bits per heavy atom. The number of nitrogens with zero attached hydrogens (tertiary/aromatic N) is 3. The molecule has 0 bridgehead atoms. The lowest BCUT2D eigenvalue weighted by Gasteiger charge is -2.34. The molecule has 3 rings (SSSR count). The normalized spacial score (nSPS) is 12.3. The Morgan fingerprint density at radius 1 is 0.846 bits per heavy atom. The molecule has 1 atom stereocenters. The predicted molar refractivity (Wildman–Crippen MR) is 151 cm³/mol. The summed E-state index contributed by atoms with van der Waals surface area (Å²) in [6.45, 7) is 3.09. The molecular weight excluding hydrogens is 519 g/mol. The molecule has 0 radical (unpaired) electrons. The molecule has 3 aromatic carbocycles. The summed E-state index contributed by atoms with van der Waals surface area (Å²) >= 11 is 0. The second kappa shape index (κ2) is 13.3. The van der Waals surface area contributed by atoms with Crippen molar-refractivity contribution >= 4 is 27.7 Å². The van der Waals surface area contributed by atoms with Crippen LogP contribution in [0.15, 0.2) is 84.9 Å². The molecule has 0 aliphatic rings. The summed E-state index contributed by atoms with van der Waals surface area (Å²) in [5.74, 6) is -1.37. The maximum atomic E-state index is 14.0. The number of carbonyl (C=O) groups excluding carboxylic acids is 2. The highest BCUT2D eigenvalue weighted by molar-refractivity contribution is 7.90. The van der Waals surface area contributed by atoms with Crippen LogP contribution in [0.4, 0.5) is 10.1 Å². The van der Waals surface area contributed by atoms with Crippen LogP contribution in [0.2, 0.25) is 0 Å². The zero-order valence-electron chi connectivity index (χ0n) is 22.6. The Bertz CT molecular complexity index is 1330. The van der Waals surface area contributed by atoms with Crippen LogP contribution in [-0.2, 0) is 32.8 Å². The van der Waals surface area contributed by atoms with Crippen molar-refractivity contribution in [2.75, 3.05) is 24.9 Å². The molecule has 208 valence electrons. The van der Waals surface area contributed by atoms with Gasteiger partial charge in [-0.05, 0) is 49.2 Å². The van der Waals surface area contributed by atoms with Crippen LogP contribution in [-0.4, -0.2) is 62.2 Å². The third-order valence-electron chi connectivity index (χ3n) is 6.03. The molecule has 2 amide bonds. The second-order valence-electron chi connectivity index (χ2n) is 9.65. The van der Waals surface area contributed by atoms with Crippen molar-refractivity contribution in [1.82, 2.24) is 14.5 Å². The molecule has 0 spiro atoms. The molecular formula is C29H35FN4O4S. The molecule has 3 aromatic rings. The number of nitrogens with one attached hydrogen (secondary N) is 1. The first-order valence-electron chi connectivity index (χ1n) is 12.6. The molecule has 0 aromatic heterocycles. The fourth-order valence-electron chi connectivity index (χ4n) is 4.03. The van der Waals surface area contributed by atoms with Crippen LogP contribution >= 0.6 is 0 Å². The van der Waals surface area contributed by atoms with Crippen LogP contribution in [0.1, 0.15) is 25.0 Å². The third kappa shape index (κ3) is 8.11. The Balaban J connectivity index is 2.07. The number of benzene rings is 3. The van der Waals surface area contributed by atoms with Crippen molar-refractivity contribution in [3.63, 3.8) is 0 Å². The van der Waals surface area contributed by atoms with Crippen LogP contribution in [0.5, 0.6) is 0 Å². The van der Waals surface area contributed by atoms with Gasteiger partial charge in [-0.15, -0.1) is 0 Å². The summed E-state index contributed by atoms with van der Waals surface area (Å²) in [7, 11) is -1.28. The van der Waals surface area contributed by atoms with Gasteiger partial charge in [-0.3, -0.25) is 9.59 Å². The fourth-order valence-corrected chi connectivity index (χ4v) is 5.09. The number of para-hydroxylation sites is 1. The Kier molecular flexibility index (Phi) is 10.2. The van der Waals surface area contributed by atoms with E-state index < -0.39 is 34.5 Å². The van der Waals surface area contributed by atoms with Gasteiger partial charge >= 0.3 is 10.2 Å². The SMILES string of the molecule is CC(C)NC(=O)[C@@H](Cc1ccccc1)N(Cc1ccc(F)cc1)C(=O)CN(c1ccccc1)S(=O)(=O)N(C)C. The molecule has 0 saturated carbocycles. The maximum Gasteiger partial charge on any atom is 0.304 e. The number of rotatable bonds is 12. The van der Waals surface area contributed by atoms with E-state index in [4.69, 9.17) is 0 Å². The Hall–Kier alpha value is -3.76. The number of hydrogen-bond acceptors (Lipinski definition) is 4. The monoisotopic (exact) mass is 554 g/mol. The van der Waals surface area contributed by atoms with Crippen LogP contribution in [0, 0.1) is 5.82 Å². The summed E-state index contributed by atoms with van der Waals surface area (Å²) in [5, 5.41) is 2.89. The van der Waals surface area contributed by atoms with Gasteiger partial charge in [-0.1, -0.05) is 60.7 Å². The van der Waals surface area contributed by atoms with Gasteiger partial charge in [0.05, 0.1) is 5.69 Å². The standard InChI is InChI=1S/C29H35FN4O4S/c1-22(2)31-29(36)27(19-23-11-7-5-8-12-23)33(20-24-15-17-25(30)18-16-24)28(35)21-34(39(37,38)32(3)4)26-13-9-6-10-14-26/h5-18,22,27H,19-21H2,1-4H3,(H,31,36)/t27-/m1/s1. The van der Waals surface area contributed by atoms with E-state index in [2.05, 4.69) is 5.32 Å². The molecule has 0 unspecified atom stereocenters. The van der Waals surface area contributed by atoms with Crippen LogP contribution < -0.4 is 9.62 Å². The van der Waals surface area contributed by atoms with Crippen molar-refractivity contribution in [2.45, 2.75) is 38.9 Å².